The van der Waals surface area contributed by atoms with Crippen LogP contribution in [0.4, 0.5) is 14.9 Å². The number of benzene rings is 3. The summed E-state index contributed by atoms with van der Waals surface area (Å²) in [7, 11) is 1.45. The molecular formula is C29H26BrFN2O6. The Morgan fingerprint density at radius 3 is 2.49 bits per heavy atom. The van der Waals surface area contributed by atoms with Crippen molar-refractivity contribution in [2.45, 2.75) is 26.4 Å². The number of barbiturate groups is 1. The van der Waals surface area contributed by atoms with Gasteiger partial charge in [0.1, 0.15) is 23.7 Å². The van der Waals surface area contributed by atoms with Crippen molar-refractivity contribution in [3.63, 3.8) is 0 Å². The maximum atomic E-state index is 13.5. The predicted molar refractivity (Wildman–Crippen MR) is 147 cm³/mol. The number of halogens is 2. The molecule has 3 aromatic rings. The van der Waals surface area contributed by atoms with Crippen LogP contribution in [-0.2, 0) is 16.2 Å². The van der Waals surface area contributed by atoms with Crippen molar-refractivity contribution >= 4 is 45.5 Å². The number of nitrogens with zero attached hydrogens (tertiary/aromatic N) is 1. The van der Waals surface area contributed by atoms with Gasteiger partial charge in [0, 0.05) is 0 Å². The van der Waals surface area contributed by atoms with Crippen LogP contribution in [0.2, 0.25) is 0 Å². The average molecular weight is 597 g/mol. The lowest BCUT2D eigenvalue weighted by molar-refractivity contribution is -0.122. The van der Waals surface area contributed by atoms with Crippen LogP contribution in [0.25, 0.3) is 6.08 Å². The standard InChI is InChI=1S/C29H26BrFN2O6/c1-3-4-12-38-22-10-8-21(9-11-22)33-28(35)23(27(34)32-29(33)36)14-19-15-24(30)26(25(16-19)37-2)39-17-18-6-5-7-20(31)13-18/h5-11,13-16H,3-4,12,17H2,1-2H3,(H,32,34,36)/b23-14-. The Bertz CT molecular complexity index is 1420. The first-order valence-electron chi connectivity index (χ1n) is 12.2. The number of ether oxygens (including phenoxy) is 3. The lowest BCUT2D eigenvalue weighted by Crippen LogP contribution is -2.54. The highest BCUT2D eigenvalue weighted by molar-refractivity contribution is 9.10. The molecule has 4 amide bonds. The summed E-state index contributed by atoms with van der Waals surface area (Å²) in [5.41, 5.74) is 1.13. The van der Waals surface area contributed by atoms with Gasteiger partial charge in [0.05, 0.1) is 23.9 Å². The van der Waals surface area contributed by atoms with Crippen molar-refractivity contribution in [2.75, 3.05) is 18.6 Å². The van der Waals surface area contributed by atoms with Crippen molar-refractivity contribution < 1.29 is 33.0 Å². The third-order valence-corrected chi connectivity index (χ3v) is 6.39. The monoisotopic (exact) mass is 596 g/mol. The molecule has 1 heterocycles. The fourth-order valence-corrected chi connectivity index (χ4v) is 4.40. The molecule has 0 aromatic heterocycles. The number of methoxy groups -OCH3 is 1. The summed E-state index contributed by atoms with van der Waals surface area (Å²) >= 11 is 3.44. The van der Waals surface area contributed by atoms with E-state index < -0.39 is 17.8 Å². The second kappa shape index (κ2) is 12.6. The van der Waals surface area contributed by atoms with Crippen LogP contribution in [0.15, 0.2) is 70.7 Å². The maximum Gasteiger partial charge on any atom is 0.335 e. The Labute approximate surface area is 233 Å². The zero-order chi connectivity index (χ0) is 27.9. The normalized spacial score (nSPS) is 14.4. The molecule has 1 aliphatic heterocycles. The van der Waals surface area contributed by atoms with Crippen molar-refractivity contribution in [3.8, 4) is 17.2 Å². The minimum atomic E-state index is -0.846. The maximum absolute atomic E-state index is 13.5. The van der Waals surface area contributed by atoms with Gasteiger partial charge >= 0.3 is 6.03 Å². The summed E-state index contributed by atoms with van der Waals surface area (Å²) < 4.78 is 30.9. The second-order valence-corrected chi connectivity index (χ2v) is 9.46. The molecule has 10 heteroatoms. The largest absolute Gasteiger partial charge is 0.494 e. The number of nitrogens with one attached hydrogen (secondary N) is 1. The van der Waals surface area contributed by atoms with Gasteiger partial charge in [-0.05, 0) is 88.1 Å². The number of anilines is 1. The predicted octanol–water partition coefficient (Wildman–Crippen LogP) is 6.02. The van der Waals surface area contributed by atoms with Gasteiger partial charge in [0.2, 0.25) is 0 Å². The molecule has 0 saturated carbocycles. The fraction of sp³-hybridized carbons (Fsp3) is 0.207. The Morgan fingerprint density at radius 1 is 1.03 bits per heavy atom. The van der Waals surface area contributed by atoms with E-state index in [9.17, 15) is 18.8 Å². The number of carbonyl (C=O) groups is 3. The van der Waals surface area contributed by atoms with Crippen LogP contribution in [0.5, 0.6) is 17.2 Å². The van der Waals surface area contributed by atoms with Crippen LogP contribution in [0.1, 0.15) is 30.9 Å². The van der Waals surface area contributed by atoms with Crippen LogP contribution in [0, 0.1) is 5.82 Å². The van der Waals surface area contributed by atoms with Gasteiger partial charge < -0.3 is 14.2 Å². The van der Waals surface area contributed by atoms with E-state index in [0.717, 1.165) is 17.7 Å². The third-order valence-electron chi connectivity index (χ3n) is 5.80. The first kappa shape index (κ1) is 27.8. The number of imide groups is 2. The summed E-state index contributed by atoms with van der Waals surface area (Å²) in [5.74, 6) is -0.666. The number of amides is 4. The first-order chi connectivity index (χ1) is 18.8. The summed E-state index contributed by atoms with van der Waals surface area (Å²) in [4.78, 5) is 39.4. The van der Waals surface area contributed by atoms with E-state index >= 15 is 0 Å². The molecule has 0 radical (unpaired) electrons. The zero-order valence-corrected chi connectivity index (χ0v) is 22.9. The molecule has 202 valence electrons. The molecule has 1 aliphatic rings. The Hall–Kier alpha value is -4.18. The van der Waals surface area contributed by atoms with Crippen molar-refractivity contribution in [1.82, 2.24) is 5.32 Å². The molecule has 3 aromatic carbocycles. The molecule has 1 saturated heterocycles. The molecule has 39 heavy (non-hydrogen) atoms. The van der Waals surface area contributed by atoms with Crippen LogP contribution in [0.3, 0.4) is 0 Å². The van der Waals surface area contributed by atoms with Crippen molar-refractivity contribution in [1.29, 1.82) is 0 Å². The van der Waals surface area contributed by atoms with Gasteiger partial charge in [-0.1, -0.05) is 25.5 Å². The van der Waals surface area contributed by atoms with Crippen LogP contribution >= 0.6 is 15.9 Å². The van der Waals surface area contributed by atoms with E-state index in [2.05, 4.69) is 28.2 Å². The number of carbonyl (C=O) groups excluding carboxylic acids is 3. The first-order valence-corrected chi connectivity index (χ1v) is 13.0. The highest BCUT2D eigenvalue weighted by Crippen LogP contribution is 2.38. The van der Waals surface area contributed by atoms with Gasteiger partial charge in [-0.2, -0.15) is 0 Å². The highest BCUT2D eigenvalue weighted by Gasteiger charge is 2.37. The van der Waals surface area contributed by atoms with E-state index in [0.29, 0.717) is 45.1 Å². The molecule has 4 rings (SSSR count). The highest BCUT2D eigenvalue weighted by atomic mass is 79.9. The van der Waals surface area contributed by atoms with Crippen LogP contribution < -0.4 is 24.4 Å². The number of unbranched alkanes of at least 4 members (excludes halogenated alkanes) is 1. The fourth-order valence-electron chi connectivity index (χ4n) is 3.83. The smallest absolute Gasteiger partial charge is 0.335 e. The molecule has 1 fully saturated rings. The third kappa shape index (κ3) is 6.64. The number of hydrogen-bond acceptors (Lipinski definition) is 6. The van der Waals surface area contributed by atoms with Crippen molar-refractivity contribution in [2.24, 2.45) is 0 Å². The summed E-state index contributed by atoms with van der Waals surface area (Å²) in [6, 6.07) is 14.9. The summed E-state index contributed by atoms with van der Waals surface area (Å²) in [6.07, 6.45) is 3.27. The molecule has 0 atom stereocenters. The minimum Gasteiger partial charge on any atom is -0.494 e. The lowest BCUT2D eigenvalue weighted by atomic mass is 10.1. The molecule has 0 bridgehead atoms. The molecule has 0 aliphatic carbocycles. The number of urea groups is 1. The number of hydrogen-bond donors (Lipinski definition) is 1. The quantitative estimate of drug-likeness (QED) is 0.175. The summed E-state index contributed by atoms with van der Waals surface area (Å²) in [6.45, 7) is 2.72. The Morgan fingerprint density at radius 2 is 1.79 bits per heavy atom. The zero-order valence-electron chi connectivity index (χ0n) is 21.3. The number of rotatable bonds is 10. The van der Waals surface area contributed by atoms with Gasteiger partial charge in [-0.25, -0.2) is 14.1 Å². The van der Waals surface area contributed by atoms with E-state index in [-0.39, 0.29) is 18.0 Å². The van der Waals surface area contributed by atoms with E-state index in [4.69, 9.17) is 14.2 Å². The second-order valence-electron chi connectivity index (χ2n) is 8.61. The topological polar surface area (TPSA) is 94.2 Å². The lowest BCUT2D eigenvalue weighted by Gasteiger charge is -2.26. The molecule has 0 spiro atoms. The van der Waals surface area contributed by atoms with Gasteiger partial charge in [-0.3, -0.25) is 14.9 Å². The van der Waals surface area contributed by atoms with Crippen molar-refractivity contribution in [3.05, 3.63) is 87.7 Å². The van der Waals surface area contributed by atoms with E-state index in [1.54, 1.807) is 48.5 Å². The van der Waals surface area contributed by atoms with Gasteiger partial charge in [0.15, 0.2) is 11.5 Å². The van der Waals surface area contributed by atoms with E-state index in [1.807, 2.05) is 0 Å². The minimum absolute atomic E-state index is 0.0908. The Balaban J connectivity index is 1.57. The average Bonchev–Trinajstić information content (AvgIpc) is 2.91. The summed E-state index contributed by atoms with van der Waals surface area (Å²) in [5, 5.41) is 2.21. The SMILES string of the molecule is CCCCOc1ccc(N2C(=O)NC(=O)/C(=C/c3cc(Br)c(OCc4cccc(F)c4)c(OC)c3)C2=O)cc1. The van der Waals surface area contributed by atoms with Crippen LogP contribution in [-0.4, -0.2) is 31.6 Å². The van der Waals surface area contributed by atoms with Gasteiger partial charge in [-0.15, -0.1) is 0 Å². The Kier molecular flexibility index (Phi) is 8.98. The molecule has 8 nitrogen and oxygen atoms in total. The molecule has 0 unspecified atom stereocenters. The van der Waals surface area contributed by atoms with Gasteiger partial charge in [0.25, 0.3) is 11.8 Å². The molecular weight excluding hydrogens is 571 g/mol. The molecule has 1 N–H and O–H groups in total. The van der Waals surface area contributed by atoms with E-state index in [1.165, 1.54) is 25.3 Å².